The summed E-state index contributed by atoms with van der Waals surface area (Å²) in [4.78, 5) is 8.35. The fourth-order valence-corrected chi connectivity index (χ4v) is 4.89. The molecule has 202 valence electrons. The Morgan fingerprint density at radius 1 is 1.14 bits per heavy atom. The smallest absolute Gasteiger partial charge is 0.240 e. The van der Waals surface area contributed by atoms with Gasteiger partial charge in [0, 0.05) is 26.6 Å². The molecule has 0 spiro atoms. The summed E-state index contributed by atoms with van der Waals surface area (Å²) in [5.41, 5.74) is 0. The molecule has 3 rings (SSSR count). The summed E-state index contributed by atoms with van der Waals surface area (Å²) in [7, 11) is -1.00. The molecule has 0 radical (unpaired) electrons. The van der Waals surface area contributed by atoms with Crippen molar-refractivity contribution < 1.29 is 32.1 Å². The summed E-state index contributed by atoms with van der Waals surface area (Å²) >= 11 is 5.91. The van der Waals surface area contributed by atoms with Gasteiger partial charge in [-0.25, -0.2) is 18.4 Å². The molecule has 1 N–H and O–H groups in total. The second-order valence-electron chi connectivity index (χ2n) is 8.47. The summed E-state index contributed by atoms with van der Waals surface area (Å²) in [6, 6.07) is -0.439. The first-order valence-electron chi connectivity index (χ1n) is 11.4. The lowest BCUT2D eigenvalue weighted by atomic mass is 10.2. The fourth-order valence-electron chi connectivity index (χ4n) is 3.70. The zero-order valence-corrected chi connectivity index (χ0v) is 22.5. The molecule has 15 heteroatoms. The van der Waals surface area contributed by atoms with Crippen LogP contribution >= 0.6 is 11.6 Å². The zero-order valence-electron chi connectivity index (χ0n) is 21.0. The number of anilines is 1. The van der Waals surface area contributed by atoms with Crippen LogP contribution in [0.3, 0.4) is 0 Å². The van der Waals surface area contributed by atoms with Crippen molar-refractivity contribution in [2.75, 3.05) is 52.0 Å². The molecule has 36 heavy (non-hydrogen) atoms. The van der Waals surface area contributed by atoms with E-state index < -0.39 is 33.5 Å². The van der Waals surface area contributed by atoms with Gasteiger partial charge >= 0.3 is 0 Å². The van der Waals surface area contributed by atoms with Crippen LogP contribution in [0, 0.1) is 0 Å². The molecule has 0 unspecified atom stereocenters. The highest BCUT2D eigenvalue weighted by molar-refractivity contribution is 7.93. The van der Waals surface area contributed by atoms with Crippen LogP contribution in [-0.4, -0.2) is 91.8 Å². The van der Waals surface area contributed by atoms with Crippen LogP contribution in [0.5, 0.6) is 0 Å². The van der Waals surface area contributed by atoms with Crippen LogP contribution in [-0.2, 0) is 33.7 Å². The first-order chi connectivity index (χ1) is 17.2. The first kappa shape index (κ1) is 28.6. The minimum absolute atomic E-state index is 0.00885. The lowest BCUT2D eigenvalue weighted by Crippen LogP contribution is -2.36. The van der Waals surface area contributed by atoms with E-state index in [2.05, 4.69) is 24.9 Å². The average Bonchev–Trinajstić information content (AvgIpc) is 3.25. The predicted octanol–water partition coefficient (Wildman–Crippen LogP) is 1.94. The summed E-state index contributed by atoms with van der Waals surface area (Å²) < 4.78 is 59.3. The van der Waals surface area contributed by atoms with E-state index >= 15 is 0 Å². The maximum Gasteiger partial charge on any atom is 0.240 e. The molecule has 3 atom stereocenters. The van der Waals surface area contributed by atoms with Gasteiger partial charge in [0.2, 0.25) is 16.0 Å². The van der Waals surface area contributed by atoms with Crippen molar-refractivity contribution in [2.45, 2.75) is 50.4 Å². The van der Waals surface area contributed by atoms with Gasteiger partial charge in [-0.2, -0.15) is 0 Å². The Balaban J connectivity index is 1.97. The minimum Gasteiger partial charge on any atom is -0.382 e. The molecule has 2 aromatic rings. The third kappa shape index (κ3) is 7.09. The first-order valence-corrected chi connectivity index (χ1v) is 13.4. The minimum atomic E-state index is -4.08. The summed E-state index contributed by atoms with van der Waals surface area (Å²) in [5, 5.41) is 7.59. The molecular formula is C21H33ClN6O7S. The number of hydrogen-bond donors (Lipinski definition) is 1. The molecule has 1 aliphatic heterocycles. The summed E-state index contributed by atoms with van der Waals surface area (Å²) in [5.74, 6) is 0.582. The number of aromatic nitrogens is 5. The monoisotopic (exact) mass is 548 g/mol. The van der Waals surface area contributed by atoms with Gasteiger partial charge < -0.3 is 23.7 Å². The van der Waals surface area contributed by atoms with Crippen molar-refractivity contribution in [2.24, 2.45) is 0 Å². The number of hydrogen-bond acceptors (Lipinski definition) is 11. The second-order valence-corrected chi connectivity index (χ2v) is 10.9. The van der Waals surface area contributed by atoms with Crippen LogP contribution in [0.15, 0.2) is 12.4 Å². The molecule has 0 aliphatic carbocycles. The molecule has 0 amide bonds. The molecule has 0 aromatic carbocycles. The number of nitrogens with one attached hydrogen (secondary N) is 1. The van der Waals surface area contributed by atoms with Gasteiger partial charge in [0.25, 0.3) is 0 Å². The Hall–Kier alpha value is -1.94. The average molecular weight is 549 g/mol. The molecule has 13 nitrogen and oxygen atoms in total. The van der Waals surface area contributed by atoms with Gasteiger partial charge in [-0.3, -0.25) is 9.29 Å². The van der Waals surface area contributed by atoms with Gasteiger partial charge in [-0.1, -0.05) is 11.6 Å². The van der Waals surface area contributed by atoms with Gasteiger partial charge in [0.15, 0.2) is 11.6 Å². The quantitative estimate of drug-likeness (QED) is 0.391. The lowest BCUT2D eigenvalue weighted by Gasteiger charge is -2.28. The van der Waals surface area contributed by atoms with Crippen molar-refractivity contribution in [3.8, 4) is 0 Å². The van der Waals surface area contributed by atoms with Crippen molar-refractivity contribution >= 4 is 27.6 Å². The third-order valence-corrected chi connectivity index (χ3v) is 7.26. The van der Waals surface area contributed by atoms with Crippen LogP contribution in [0.2, 0.25) is 5.02 Å². The van der Waals surface area contributed by atoms with Gasteiger partial charge in [0.1, 0.15) is 17.5 Å². The van der Waals surface area contributed by atoms with Crippen molar-refractivity contribution in [3.63, 3.8) is 0 Å². The fraction of sp³-hybridized carbons (Fsp3) is 0.714. The predicted molar refractivity (Wildman–Crippen MR) is 130 cm³/mol. The highest BCUT2D eigenvalue weighted by Crippen LogP contribution is 2.30. The van der Waals surface area contributed by atoms with E-state index in [1.54, 1.807) is 32.6 Å². The van der Waals surface area contributed by atoms with Gasteiger partial charge in [0.05, 0.1) is 50.2 Å². The maximum atomic E-state index is 13.6. The highest BCUT2D eigenvalue weighted by Gasteiger charge is 2.37. The van der Waals surface area contributed by atoms with Crippen LogP contribution in [0.1, 0.15) is 50.7 Å². The third-order valence-electron chi connectivity index (χ3n) is 5.37. The van der Waals surface area contributed by atoms with E-state index in [1.807, 2.05) is 0 Å². The number of ether oxygens (including phenoxy) is 5. The topological polar surface area (TPSA) is 149 Å². The number of rotatable bonds is 13. The van der Waals surface area contributed by atoms with Gasteiger partial charge in [-0.15, -0.1) is 10.2 Å². The Morgan fingerprint density at radius 2 is 1.81 bits per heavy atom. The SMILES string of the molecule is COCC(COC)n1c(NS(=O)(=O)[C@@H](C)[C@@H](OC(C)C)c2ncc(Cl)cn2)nnc1[C@@H]1COCCO1. The number of nitrogens with zero attached hydrogens (tertiary/aromatic N) is 5. The van der Waals surface area contributed by atoms with Gasteiger partial charge in [-0.05, 0) is 20.8 Å². The Kier molecular flexibility index (Phi) is 10.4. The summed E-state index contributed by atoms with van der Waals surface area (Å²) in [6.07, 6.45) is 0.987. The van der Waals surface area contributed by atoms with E-state index in [4.69, 9.17) is 35.3 Å². The zero-order chi connectivity index (χ0) is 26.3. The van der Waals surface area contributed by atoms with E-state index in [1.165, 1.54) is 19.3 Å². The molecular weight excluding hydrogens is 516 g/mol. The highest BCUT2D eigenvalue weighted by atomic mass is 35.5. The van der Waals surface area contributed by atoms with E-state index in [0.717, 1.165) is 0 Å². The van der Waals surface area contributed by atoms with E-state index in [0.29, 0.717) is 24.1 Å². The number of halogens is 1. The Bertz CT molecular complexity index is 1060. The van der Waals surface area contributed by atoms with E-state index in [-0.39, 0.29) is 37.7 Å². The molecule has 2 aromatic heterocycles. The van der Waals surface area contributed by atoms with Crippen LogP contribution in [0.4, 0.5) is 5.95 Å². The maximum absolute atomic E-state index is 13.6. The standard InChI is InChI=1S/C21H33ClN6O7S/c1-13(2)35-18(19-23-8-15(22)9-24-19)14(3)36(29,30)27-21-26-25-20(17-12-33-6-7-34-17)28(21)16(10-31-4)11-32-5/h8-9,13-14,16-18H,6-7,10-12H2,1-5H3,(H,26,27)/t14-,17-,18+/m0/s1. The molecule has 3 heterocycles. The largest absolute Gasteiger partial charge is 0.382 e. The normalized spacial score (nSPS) is 18.5. The van der Waals surface area contributed by atoms with Crippen LogP contribution in [0.25, 0.3) is 0 Å². The summed E-state index contributed by atoms with van der Waals surface area (Å²) in [6.45, 7) is 6.63. The Labute approximate surface area is 215 Å². The lowest BCUT2D eigenvalue weighted by molar-refractivity contribution is -0.0957. The number of sulfonamides is 1. The Morgan fingerprint density at radius 3 is 2.36 bits per heavy atom. The van der Waals surface area contributed by atoms with Crippen molar-refractivity contribution in [1.82, 2.24) is 24.7 Å². The molecule has 1 aliphatic rings. The molecule has 1 fully saturated rings. The van der Waals surface area contributed by atoms with E-state index in [9.17, 15) is 8.42 Å². The number of methoxy groups -OCH3 is 2. The molecule has 1 saturated heterocycles. The second kappa shape index (κ2) is 13.0. The molecule has 0 saturated carbocycles. The molecule has 0 bridgehead atoms. The van der Waals surface area contributed by atoms with Crippen molar-refractivity contribution in [3.05, 3.63) is 29.1 Å². The van der Waals surface area contributed by atoms with Crippen LogP contribution < -0.4 is 4.72 Å². The van der Waals surface area contributed by atoms with Crippen molar-refractivity contribution in [1.29, 1.82) is 0 Å².